The van der Waals surface area contributed by atoms with Gasteiger partial charge in [-0.05, 0) is 18.2 Å². The first kappa shape index (κ1) is 18.2. The van der Waals surface area contributed by atoms with Crippen LogP contribution in [-0.2, 0) is 6.54 Å². The van der Waals surface area contributed by atoms with Gasteiger partial charge in [-0.1, -0.05) is 11.6 Å². The summed E-state index contributed by atoms with van der Waals surface area (Å²) in [6, 6.07) is 3.97. The van der Waals surface area contributed by atoms with Gasteiger partial charge < -0.3 is 16.0 Å². The number of halogens is 1. The first-order valence-corrected chi connectivity index (χ1v) is 7.52. The quantitative estimate of drug-likeness (QED) is 0.528. The van der Waals surface area contributed by atoms with Crippen molar-refractivity contribution >= 4 is 34.9 Å². The SMILES string of the molecule is CNC(=O)c1ccc(Cl)c(NC(=O)NCCn2cc([N+](=O)[O-])cn2)c1. The number of rotatable bonds is 6. The van der Waals surface area contributed by atoms with Gasteiger partial charge in [-0.25, -0.2) is 4.79 Å². The summed E-state index contributed by atoms with van der Waals surface area (Å²) in [4.78, 5) is 33.5. The van der Waals surface area contributed by atoms with E-state index in [1.807, 2.05) is 0 Å². The van der Waals surface area contributed by atoms with Crippen molar-refractivity contribution in [3.8, 4) is 0 Å². The van der Waals surface area contributed by atoms with Crippen molar-refractivity contribution in [2.75, 3.05) is 18.9 Å². The summed E-state index contributed by atoms with van der Waals surface area (Å²) in [5, 5.41) is 22.2. The zero-order valence-electron chi connectivity index (χ0n) is 13.2. The Kier molecular flexibility index (Phi) is 5.90. The Labute approximate surface area is 147 Å². The Morgan fingerprint density at radius 2 is 2.16 bits per heavy atom. The van der Waals surface area contributed by atoms with E-state index in [-0.39, 0.29) is 35.4 Å². The summed E-state index contributed by atoms with van der Waals surface area (Å²) in [5.74, 6) is -0.305. The van der Waals surface area contributed by atoms with Crippen LogP contribution in [0.2, 0.25) is 5.02 Å². The third-order valence-electron chi connectivity index (χ3n) is 3.16. The summed E-state index contributed by atoms with van der Waals surface area (Å²) in [6.07, 6.45) is 2.40. The molecule has 132 valence electrons. The Hall–Kier alpha value is -3.14. The average molecular weight is 367 g/mol. The molecule has 10 nitrogen and oxygen atoms in total. The molecule has 0 saturated heterocycles. The summed E-state index contributed by atoms with van der Waals surface area (Å²) in [6.45, 7) is 0.449. The number of nitro groups is 1. The van der Waals surface area contributed by atoms with Gasteiger partial charge in [0.1, 0.15) is 12.4 Å². The van der Waals surface area contributed by atoms with Crippen molar-refractivity contribution < 1.29 is 14.5 Å². The van der Waals surface area contributed by atoms with Crippen LogP contribution in [0.15, 0.2) is 30.6 Å². The summed E-state index contributed by atoms with van der Waals surface area (Å²) in [5.41, 5.74) is 0.517. The van der Waals surface area contributed by atoms with E-state index in [2.05, 4.69) is 21.0 Å². The molecule has 0 unspecified atom stereocenters. The number of nitrogens with zero attached hydrogens (tertiary/aromatic N) is 3. The van der Waals surface area contributed by atoms with Crippen LogP contribution in [0.3, 0.4) is 0 Å². The molecule has 0 spiro atoms. The van der Waals surface area contributed by atoms with Crippen LogP contribution in [0.4, 0.5) is 16.2 Å². The van der Waals surface area contributed by atoms with E-state index in [1.165, 1.54) is 36.1 Å². The van der Waals surface area contributed by atoms with Gasteiger partial charge in [-0.15, -0.1) is 0 Å². The second-order valence-corrected chi connectivity index (χ2v) is 5.28. The van der Waals surface area contributed by atoms with Gasteiger partial charge in [0.15, 0.2) is 0 Å². The topological polar surface area (TPSA) is 131 Å². The lowest BCUT2D eigenvalue weighted by Crippen LogP contribution is -2.31. The van der Waals surface area contributed by atoms with Gasteiger partial charge in [0.25, 0.3) is 5.91 Å². The van der Waals surface area contributed by atoms with Crippen LogP contribution < -0.4 is 16.0 Å². The average Bonchev–Trinajstić information content (AvgIpc) is 3.05. The molecule has 0 aliphatic carbocycles. The molecule has 0 radical (unpaired) electrons. The Balaban J connectivity index is 1.89. The lowest BCUT2D eigenvalue weighted by Gasteiger charge is -2.10. The first-order valence-electron chi connectivity index (χ1n) is 7.14. The van der Waals surface area contributed by atoms with Gasteiger partial charge in [-0.2, -0.15) is 5.10 Å². The number of hydrogen-bond donors (Lipinski definition) is 3. The second kappa shape index (κ2) is 8.11. The molecule has 2 aromatic rings. The highest BCUT2D eigenvalue weighted by atomic mass is 35.5. The monoisotopic (exact) mass is 366 g/mol. The number of benzene rings is 1. The zero-order valence-corrected chi connectivity index (χ0v) is 13.9. The molecule has 3 amide bonds. The van der Waals surface area contributed by atoms with E-state index in [0.29, 0.717) is 5.56 Å². The smallest absolute Gasteiger partial charge is 0.319 e. The highest BCUT2D eigenvalue weighted by Gasteiger charge is 2.11. The Morgan fingerprint density at radius 1 is 1.40 bits per heavy atom. The lowest BCUT2D eigenvalue weighted by atomic mass is 10.2. The number of carbonyl (C=O) groups excluding carboxylic acids is 2. The maximum atomic E-state index is 11.9. The normalized spacial score (nSPS) is 10.2. The van der Waals surface area contributed by atoms with Gasteiger partial charge >= 0.3 is 11.7 Å². The largest absolute Gasteiger partial charge is 0.355 e. The molecule has 0 atom stereocenters. The molecule has 1 aromatic carbocycles. The third-order valence-corrected chi connectivity index (χ3v) is 3.49. The maximum Gasteiger partial charge on any atom is 0.319 e. The standard InChI is InChI=1S/C14H15ClN6O4/c1-16-13(22)9-2-3-11(15)12(6-9)19-14(23)17-4-5-20-8-10(7-18-20)21(24)25/h2-3,6-8H,4-5H2,1H3,(H,16,22)(H2,17,19,23). The fraction of sp³-hybridized carbons (Fsp3) is 0.214. The van der Waals surface area contributed by atoms with Crippen LogP contribution in [0.5, 0.6) is 0 Å². The van der Waals surface area contributed by atoms with Crippen molar-refractivity contribution in [2.45, 2.75) is 6.54 Å². The van der Waals surface area contributed by atoms with E-state index in [9.17, 15) is 19.7 Å². The molecule has 0 fully saturated rings. The molecule has 11 heteroatoms. The van der Waals surface area contributed by atoms with Crippen molar-refractivity contribution in [3.63, 3.8) is 0 Å². The molecular formula is C14H15ClN6O4. The van der Waals surface area contributed by atoms with Crippen molar-refractivity contribution in [2.24, 2.45) is 0 Å². The summed E-state index contributed by atoms with van der Waals surface area (Å²) < 4.78 is 1.34. The van der Waals surface area contributed by atoms with Crippen molar-refractivity contribution in [1.82, 2.24) is 20.4 Å². The lowest BCUT2D eigenvalue weighted by molar-refractivity contribution is -0.385. The maximum absolute atomic E-state index is 11.9. The predicted molar refractivity (Wildman–Crippen MR) is 90.7 cm³/mol. The zero-order chi connectivity index (χ0) is 18.4. The molecule has 0 saturated carbocycles. The molecule has 1 heterocycles. The highest BCUT2D eigenvalue weighted by Crippen LogP contribution is 2.23. The van der Waals surface area contributed by atoms with E-state index < -0.39 is 11.0 Å². The van der Waals surface area contributed by atoms with Gasteiger partial charge in [-0.3, -0.25) is 19.6 Å². The minimum Gasteiger partial charge on any atom is -0.355 e. The molecule has 3 N–H and O–H groups in total. The molecular weight excluding hydrogens is 352 g/mol. The van der Waals surface area contributed by atoms with Gasteiger partial charge in [0.2, 0.25) is 0 Å². The fourth-order valence-electron chi connectivity index (χ4n) is 1.93. The van der Waals surface area contributed by atoms with Crippen molar-refractivity contribution in [1.29, 1.82) is 0 Å². The van der Waals surface area contributed by atoms with Gasteiger partial charge in [0, 0.05) is 19.2 Å². The van der Waals surface area contributed by atoms with E-state index >= 15 is 0 Å². The van der Waals surface area contributed by atoms with Crippen LogP contribution >= 0.6 is 11.6 Å². The van der Waals surface area contributed by atoms with E-state index in [4.69, 9.17) is 11.6 Å². The number of nitrogens with one attached hydrogen (secondary N) is 3. The number of anilines is 1. The molecule has 2 rings (SSSR count). The van der Waals surface area contributed by atoms with Crippen molar-refractivity contribution in [3.05, 3.63) is 51.3 Å². The van der Waals surface area contributed by atoms with Crippen LogP contribution in [-0.4, -0.2) is 40.2 Å². The molecule has 0 aliphatic rings. The first-order chi connectivity index (χ1) is 11.9. The number of urea groups is 1. The minimum absolute atomic E-state index is 0.123. The summed E-state index contributed by atoms with van der Waals surface area (Å²) in [7, 11) is 1.50. The molecule has 0 aliphatic heterocycles. The summed E-state index contributed by atoms with van der Waals surface area (Å²) >= 11 is 6.00. The fourth-order valence-corrected chi connectivity index (χ4v) is 2.09. The van der Waals surface area contributed by atoms with Gasteiger partial charge in [0.05, 0.1) is 22.2 Å². The predicted octanol–water partition coefficient (Wildman–Crippen LogP) is 1.63. The third kappa shape index (κ3) is 4.91. The minimum atomic E-state index is -0.551. The Morgan fingerprint density at radius 3 is 2.80 bits per heavy atom. The number of carbonyl (C=O) groups is 2. The molecule has 1 aromatic heterocycles. The highest BCUT2D eigenvalue weighted by molar-refractivity contribution is 6.33. The van der Waals surface area contributed by atoms with E-state index in [0.717, 1.165) is 6.20 Å². The van der Waals surface area contributed by atoms with Crippen LogP contribution in [0.1, 0.15) is 10.4 Å². The Bertz CT molecular complexity index is 806. The number of hydrogen-bond acceptors (Lipinski definition) is 5. The van der Waals surface area contributed by atoms with E-state index in [1.54, 1.807) is 0 Å². The second-order valence-electron chi connectivity index (χ2n) is 4.87. The molecule has 25 heavy (non-hydrogen) atoms. The molecule has 0 bridgehead atoms. The number of amides is 3. The van der Waals surface area contributed by atoms with Crippen LogP contribution in [0.25, 0.3) is 0 Å². The number of aromatic nitrogens is 2. The van der Waals surface area contributed by atoms with Crippen LogP contribution in [0, 0.1) is 10.1 Å².